The lowest BCUT2D eigenvalue weighted by Crippen LogP contribution is -2.44. The van der Waals surface area contributed by atoms with Gasteiger partial charge in [-0.25, -0.2) is 0 Å². The summed E-state index contributed by atoms with van der Waals surface area (Å²) in [6, 6.07) is 10.5. The first kappa shape index (κ1) is 13.9. The number of hydrogen-bond donors (Lipinski definition) is 0. The maximum Gasteiger partial charge on any atom is 0.420 e. The lowest BCUT2D eigenvalue weighted by molar-refractivity contribution is -0.128. The van der Waals surface area contributed by atoms with Gasteiger partial charge in [-0.15, -0.1) is 0 Å². The summed E-state index contributed by atoms with van der Waals surface area (Å²) in [4.78, 5) is 11.5. The Balaban J connectivity index is 1.88. The minimum Gasteiger partial charge on any atom is -0.444 e. The third-order valence-corrected chi connectivity index (χ3v) is 3.75. The Labute approximate surface area is 128 Å². The highest BCUT2D eigenvalue weighted by molar-refractivity contribution is 6.06. The van der Waals surface area contributed by atoms with E-state index in [4.69, 9.17) is 9.47 Å². The lowest BCUT2D eigenvalue weighted by atomic mass is 9.98. The summed E-state index contributed by atoms with van der Waals surface area (Å²) in [5.74, 6) is -2.09. The number of benzene rings is 2. The van der Waals surface area contributed by atoms with Crippen molar-refractivity contribution in [2.45, 2.75) is 12.0 Å². The number of hydrogen-bond acceptors (Lipinski definition) is 3. The number of halogens is 3. The second kappa shape index (κ2) is 4.38. The Bertz CT molecular complexity index is 853. The monoisotopic (exact) mass is 318 g/mol. The van der Waals surface area contributed by atoms with Gasteiger partial charge in [-0.05, 0) is 23.6 Å². The Morgan fingerprint density at radius 1 is 0.957 bits per heavy atom. The molecule has 0 aromatic heterocycles. The molecule has 2 aliphatic rings. The lowest BCUT2D eigenvalue weighted by Gasteiger charge is -2.36. The van der Waals surface area contributed by atoms with Gasteiger partial charge in [0.15, 0.2) is 5.78 Å². The summed E-state index contributed by atoms with van der Waals surface area (Å²) in [6.07, 6.45) is -2.06. The fourth-order valence-corrected chi connectivity index (χ4v) is 2.76. The predicted molar refractivity (Wildman–Crippen MR) is 76.2 cm³/mol. The van der Waals surface area contributed by atoms with Crippen LogP contribution in [0, 0.1) is 0 Å². The van der Waals surface area contributed by atoms with E-state index in [-0.39, 0.29) is 0 Å². The summed E-state index contributed by atoms with van der Waals surface area (Å²) in [5, 5.41) is 1.54. The molecule has 2 aromatic rings. The third kappa shape index (κ3) is 2.10. The molecule has 3 nitrogen and oxygen atoms in total. The van der Waals surface area contributed by atoms with Crippen molar-refractivity contribution in [3.05, 3.63) is 60.2 Å². The zero-order chi connectivity index (χ0) is 16.2. The molecule has 0 radical (unpaired) electrons. The van der Waals surface area contributed by atoms with E-state index in [1.165, 1.54) is 6.08 Å². The van der Waals surface area contributed by atoms with Crippen molar-refractivity contribution in [2.75, 3.05) is 0 Å². The minimum atomic E-state index is -4.77. The van der Waals surface area contributed by atoms with Crippen LogP contribution in [0.1, 0.15) is 0 Å². The van der Waals surface area contributed by atoms with Crippen LogP contribution >= 0.6 is 0 Å². The van der Waals surface area contributed by atoms with Crippen molar-refractivity contribution < 1.29 is 27.4 Å². The molecule has 0 saturated heterocycles. The normalized spacial score (nSPS) is 18.6. The second-order valence-corrected chi connectivity index (χ2v) is 5.29. The molecule has 2 aromatic carbocycles. The van der Waals surface area contributed by atoms with Crippen LogP contribution in [0.15, 0.2) is 60.2 Å². The molecule has 6 heteroatoms. The average Bonchev–Trinajstić information content (AvgIpc) is 2.49. The Hall–Kier alpha value is -2.76. The summed E-state index contributed by atoms with van der Waals surface area (Å²) in [5.41, 5.74) is -1.30. The van der Waals surface area contributed by atoms with Gasteiger partial charge in [0.25, 0.3) is 5.79 Å². The van der Waals surface area contributed by atoms with Crippen LogP contribution in [0.2, 0.25) is 0 Å². The largest absolute Gasteiger partial charge is 0.444 e. The number of rotatable bonds is 0. The van der Waals surface area contributed by atoms with E-state index < -0.39 is 23.3 Å². The molecule has 1 aliphatic heterocycles. The van der Waals surface area contributed by atoms with Crippen LogP contribution < -0.4 is 9.47 Å². The van der Waals surface area contributed by atoms with Gasteiger partial charge in [0, 0.05) is 12.2 Å². The summed E-state index contributed by atoms with van der Waals surface area (Å²) >= 11 is 0. The van der Waals surface area contributed by atoms with Gasteiger partial charge in [-0.2, -0.15) is 13.2 Å². The quantitative estimate of drug-likeness (QED) is 0.738. The molecule has 0 saturated carbocycles. The number of allylic oxidation sites excluding steroid dienone is 2. The summed E-state index contributed by atoms with van der Waals surface area (Å²) in [6.45, 7) is 0. The van der Waals surface area contributed by atoms with E-state index in [2.05, 4.69) is 0 Å². The summed E-state index contributed by atoms with van der Waals surface area (Å²) < 4.78 is 50.4. The Morgan fingerprint density at radius 2 is 1.57 bits per heavy atom. The van der Waals surface area contributed by atoms with E-state index in [9.17, 15) is 18.0 Å². The van der Waals surface area contributed by atoms with Crippen molar-refractivity contribution in [1.29, 1.82) is 0 Å². The molecule has 0 atom stereocenters. The van der Waals surface area contributed by atoms with Crippen LogP contribution in [0.4, 0.5) is 13.2 Å². The zero-order valence-electron chi connectivity index (χ0n) is 11.6. The SMILES string of the molecule is O=C1C=CC2(C=C1C(F)(F)F)Oc1cccc3cccc(c13)O2. The molecule has 1 heterocycles. The first-order chi connectivity index (χ1) is 10.9. The highest BCUT2D eigenvalue weighted by Gasteiger charge is 2.46. The van der Waals surface area contributed by atoms with E-state index in [0.717, 1.165) is 11.5 Å². The number of carbonyl (C=O) groups excluding carboxylic acids is 1. The molecule has 1 spiro atoms. The molecule has 116 valence electrons. The highest BCUT2D eigenvalue weighted by Crippen LogP contribution is 2.44. The van der Waals surface area contributed by atoms with Crippen LogP contribution in [0.25, 0.3) is 10.8 Å². The van der Waals surface area contributed by atoms with Gasteiger partial charge in [0.2, 0.25) is 0 Å². The fourth-order valence-electron chi connectivity index (χ4n) is 2.76. The Kier molecular flexibility index (Phi) is 2.64. The maximum atomic E-state index is 13.0. The van der Waals surface area contributed by atoms with Crippen molar-refractivity contribution in [1.82, 2.24) is 0 Å². The standard InChI is InChI=1S/C17H9F3O3/c18-17(19,20)11-9-16(8-7-12(11)21)22-13-5-1-3-10-4-2-6-14(23-16)15(10)13/h1-9H. The maximum absolute atomic E-state index is 13.0. The molecule has 0 N–H and O–H groups in total. The number of ketones is 1. The van der Waals surface area contributed by atoms with E-state index in [0.29, 0.717) is 23.0 Å². The van der Waals surface area contributed by atoms with Gasteiger partial charge in [-0.3, -0.25) is 4.79 Å². The van der Waals surface area contributed by atoms with Crippen LogP contribution in [0.3, 0.4) is 0 Å². The molecular formula is C17H9F3O3. The van der Waals surface area contributed by atoms with Gasteiger partial charge >= 0.3 is 6.18 Å². The molecule has 0 unspecified atom stereocenters. The van der Waals surface area contributed by atoms with Crippen LogP contribution in [0.5, 0.6) is 11.5 Å². The zero-order valence-corrected chi connectivity index (χ0v) is 11.6. The smallest absolute Gasteiger partial charge is 0.420 e. The molecular weight excluding hydrogens is 309 g/mol. The van der Waals surface area contributed by atoms with Gasteiger partial charge in [-0.1, -0.05) is 24.3 Å². The van der Waals surface area contributed by atoms with E-state index in [1.54, 1.807) is 24.3 Å². The molecule has 4 rings (SSSR count). The molecule has 1 aliphatic carbocycles. The van der Waals surface area contributed by atoms with Crippen molar-refractivity contribution >= 4 is 16.6 Å². The van der Waals surface area contributed by atoms with Crippen molar-refractivity contribution in [3.63, 3.8) is 0 Å². The van der Waals surface area contributed by atoms with Gasteiger partial charge in [0.1, 0.15) is 17.1 Å². The van der Waals surface area contributed by atoms with Crippen LogP contribution in [-0.2, 0) is 4.79 Å². The minimum absolute atomic E-state index is 0.404. The number of alkyl halides is 3. The number of carbonyl (C=O) groups is 1. The number of ether oxygens (including phenoxy) is 2. The Morgan fingerprint density at radius 3 is 2.13 bits per heavy atom. The van der Waals surface area contributed by atoms with E-state index in [1.807, 2.05) is 12.1 Å². The molecule has 0 bridgehead atoms. The van der Waals surface area contributed by atoms with Gasteiger partial charge in [0.05, 0.1) is 5.39 Å². The van der Waals surface area contributed by atoms with Crippen molar-refractivity contribution in [2.24, 2.45) is 0 Å². The molecule has 0 fully saturated rings. The van der Waals surface area contributed by atoms with Gasteiger partial charge < -0.3 is 9.47 Å². The predicted octanol–water partition coefficient (Wildman–Crippen LogP) is 3.93. The molecule has 23 heavy (non-hydrogen) atoms. The third-order valence-electron chi connectivity index (χ3n) is 3.75. The fraction of sp³-hybridized carbons (Fsp3) is 0.118. The highest BCUT2D eigenvalue weighted by atomic mass is 19.4. The second-order valence-electron chi connectivity index (χ2n) is 5.29. The first-order valence-corrected chi connectivity index (χ1v) is 6.81. The first-order valence-electron chi connectivity index (χ1n) is 6.81. The van der Waals surface area contributed by atoms with Crippen molar-refractivity contribution in [3.8, 4) is 11.5 Å². The molecule has 0 amide bonds. The van der Waals surface area contributed by atoms with Crippen LogP contribution in [-0.4, -0.2) is 17.7 Å². The topological polar surface area (TPSA) is 35.5 Å². The van der Waals surface area contributed by atoms with E-state index >= 15 is 0 Å². The average molecular weight is 318 g/mol. The summed E-state index contributed by atoms with van der Waals surface area (Å²) in [7, 11) is 0.